The molecule has 0 saturated carbocycles. The molecule has 2 atom stereocenters. The van der Waals surface area contributed by atoms with Gasteiger partial charge in [-0.3, -0.25) is 0 Å². The zero-order chi connectivity index (χ0) is 14.4. The molecule has 0 bridgehead atoms. The Morgan fingerprint density at radius 3 is 2.63 bits per heavy atom. The first-order valence-corrected chi connectivity index (χ1v) is 6.66. The van der Waals surface area contributed by atoms with Crippen LogP contribution < -0.4 is 10.2 Å². The van der Waals surface area contributed by atoms with Crippen LogP contribution in [-0.2, 0) is 0 Å². The fraction of sp³-hybridized carbons (Fsp3) is 0.533. The average molecular weight is 261 g/mol. The van der Waals surface area contributed by atoms with Crippen molar-refractivity contribution in [2.75, 3.05) is 25.0 Å². The van der Waals surface area contributed by atoms with Gasteiger partial charge in [-0.15, -0.1) is 0 Å². The first-order valence-electron chi connectivity index (χ1n) is 6.66. The summed E-state index contributed by atoms with van der Waals surface area (Å²) in [5.74, 6) is 0.259. The van der Waals surface area contributed by atoms with Crippen molar-refractivity contribution in [2.45, 2.75) is 26.8 Å². The van der Waals surface area contributed by atoms with Crippen molar-refractivity contribution in [3.63, 3.8) is 0 Å². The summed E-state index contributed by atoms with van der Waals surface area (Å²) in [4.78, 5) is 1.98. The van der Waals surface area contributed by atoms with Gasteiger partial charge in [-0.1, -0.05) is 13.0 Å². The van der Waals surface area contributed by atoms with Crippen molar-refractivity contribution < 1.29 is 5.11 Å². The monoisotopic (exact) mass is 261 g/mol. The van der Waals surface area contributed by atoms with Gasteiger partial charge in [-0.05, 0) is 26.5 Å². The highest BCUT2D eigenvalue weighted by atomic mass is 16.3. The summed E-state index contributed by atoms with van der Waals surface area (Å²) < 4.78 is 0. The SMILES string of the molecule is CCNC(C)c1ccc(N(C)CC(C)C#N)cc1O. The minimum atomic E-state index is -0.0347. The second-order valence-electron chi connectivity index (χ2n) is 4.93. The van der Waals surface area contributed by atoms with Crippen LogP contribution in [0.5, 0.6) is 5.75 Å². The lowest BCUT2D eigenvalue weighted by Gasteiger charge is -2.22. The molecule has 1 rings (SSSR count). The van der Waals surface area contributed by atoms with Gasteiger partial charge in [0.1, 0.15) is 5.75 Å². The molecule has 0 saturated heterocycles. The Morgan fingerprint density at radius 1 is 1.42 bits per heavy atom. The second-order valence-corrected chi connectivity index (χ2v) is 4.93. The van der Waals surface area contributed by atoms with E-state index in [0.717, 1.165) is 17.8 Å². The lowest BCUT2D eigenvalue weighted by molar-refractivity contribution is 0.454. The van der Waals surface area contributed by atoms with Gasteiger partial charge < -0.3 is 15.3 Å². The number of benzene rings is 1. The lowest BCUT2D eigenvalue weighted by atomic mass is 10.1. The van der Waals surface area contributed by atoms with Gasteiger partial charge >= 0.3 is 0 Å². The molecule has 19 heavy (non-hydrogen) atoms. The van der Waals surface area contributed by atoms with Crippen LogP contribution in [-0.4, -0.2) is 25.2 Å². The van der Waals surface area contributed by atoms with Gasteiger partial charge in [0.05, 0.1) is 12.0 Å². The molecule has 0 aliphatic heterocycles. The maximum absolute atomic E-state index is 10.1. The molecule has 2 unspecified atom stereocenters. The zero-order valence-corrected chi connectivity index (χ0v) is 12.1. The summed E-state index contributed by atoms with van der Waals surface area (Å²) in [6, 6.07) is 8.01. The van der Waals surface area contributed by atoms with E-state index in [9.17, 15) is 5.11 Å². The molecule has 0 aliphatic rings. The number of nitrogens with one attached hydrogen (secondary N) is 1. The quantitative estimate of drug-likeness (QED) is 0.826. The highest BCUT2D eigenvalue weighted by molar-refractivity contribution is 5.53. The molecular weight excluding hydrogens is 238 g/mol. The van der Waals surface area contributed by atoms with E-state index in [-0.39, 0.29) is 12.0 Å². The van der Waals surface area contributed by atoms with Crippen LogP contribution in [0, 0.1) is 17.2 Å². The molecule has 0 aromatic heterocycles. The summed E-state index contributed by atoms with van der Waals surface area (Å²) in [6.45, 7) is 7.47. The van der Waals surface area contributed by atoms with E-state index in [4.69, 9.17) is 5.26 Å². The van der Waals surface area contributed by atoms with E-state index >= 15 is 0 Å². The van der Waals surface area contributed by atoms with Crippen LogP contribution in [0.15, 0.2) is 18.2 Å². The summed E-state index contributed by atoms with van der Waals surface area (Å²) in [6.07, 6.45) is 0. The molecule has 1 aromatic rings. The Kier molecular flexibility index (Phi) is 5.65. The zero-order valence-electron chi connectivity index (χ0n) is 12.1. The van der Waals surface area contributed by atoms with Crippen LogP contribution in [0.3, 0.4) is 0 Å². The normalized spacial score (nSPS) is 13.6. The molecule has 0 amide bonds. The molecule has 1 aromatic carbocycles. The fourth-order valence-electron chi connectivity index (χ4n) is 2.11. The molecule has 0 spiro atoms. The van der Waals surface area contributed by atoms with Crippen molar-refractivity contribution in [1.82, 2.24) is 5.32 Å². The van der Waals surface area contributed by atoms with Crippen molar-refractivity contribution >= 4 is 5.69 Å². The van der Waals surface area contributed by atoms with Gasteiger partial charge in [0.25, 0.3) is 0 Å². The lowest BCUT2D eigenvalue weighted by Crippen LogP contribution is -2.23. The van der Waals surface area contributed by atoms with Crippen molar-refractivity contribution in [3.05, 3.63) is 23.8 Å². The average Bonchev–Trinajstić information content (AvgIpc) is 2.38. The molecule has 0 heterocycles. The minimum Gasteiger partial charge on any atom is -0.508 e. The molecule has 4 nitrogen and oxygen atoms in total. The molecule has 0 fully saturated rings. The number of phenolic OH excluding ortho intramolecular Hbond substituents is 1. The summed E-state index contributed by atoms with van der Waals surface area (Å²) in [7, 11) is 1.93. The van der Waals surface area contributed by atoms with E-state index in [2.05, 4.69) is 11.4 Å². The van der Waals surface area contributed by atoms with Gasteiger partial charge in [-0.25, -0.2) is 0 Å². The predicted octanol–water partition coefficient (Wildman–Crippen LogP) is 2.66. The number of nitrogens with zero attached hydrogens (tertiary/aromatic N) is 2. The van der Waals surface area contributed by atoms with Crippen molar-refractivity contribution in [2.24, 2.45) is 5.92 Å². The maximum Gasteiger partial charge on any atom is 0.122 e. The molecule has 4 heteroatoms. The van der Waals surface area contributed by atoms with Crippen LogP contribution in [0.4, 0.5) is 5.69 Å². The number of phenols is 1. The minimum absolute atomic E-state index is 0.0347. The van der Waals surface area contributed by atoms with Gasteiger partial charge in [-0.2, -0.15) is 5.26 Å². The first kappa shape index (κ1) is 15.3. The smallest absolute Gasteiger partial charge is 0.122 e. The van der Waals surface area contributed by atoms with Crippen LogP contribution in [0.25, 0.3) is 0 Å². The topological polar surface area (TPSA) is 59.3 Å². The number of aromatic hydroxyl groups is 1. The van der Waals surface area contributed by atoms with E-state index in [1.807, 2.05) is 44.9 Å². The fourth-order valence-corrected chi connectivity index (χ4v) is 2.11. The highest BCUT2D eigenvalue weighted by Crippen LogP contribution is 2.28. The molecule has 0 radical (unpaired) electrons. The number of nitriles is 1. The molecular formula is C15H23N3O. The number of hydrogen-bond acceptors (Lipinski definition) is 4. The van der Waals surface area contributed by atoms with E-state index in [1.165, 1.54) is 0 Å². The third-order valence-corrected chi connectivity index (χ3v) is 3.20. The first-order chi connectivity index (χ1) is 8.99. The van der Waals surface area contributed by atoms with Crippen LogP contribution in [0.1, 0.15) is 32.4 Å². The van der Waals surface area contributed by atoms with Gasteiger partial charge in [0, 0.05) is 37.0 Å². The van der Waals surface area contributed by atoms with Gasteiger partial charge in [0.15, 0.2) is 0 Å². The maximum atomic E-state index is 10.1. The third-order valence-electron chi connectivity index (χ3n) is 3.20. The second kappa shape index (κ2) is 7.01. The summed E-state index contributed by atoms with van der Waals surface area (Å²) in [5, 5.41) is 22.2. The Hall–Kier alpha value is -1.73. The Balaban J connectivity index is 2.84. The number of anilines is 1. The van der Waals surface area contributed by atoms with Crippen LogP contribution >= 0.6 is 0 Å². The largest absolute Gasteiger partial charge is 0.508 e. The van der Waals surface area contributed by atoms with E-state index in [1.54, 1.807) is 6.07 Å². The van der Waals surface area contributed by atoms with Crippen LogP contribution in [0.2, 0.25) is 0 Å². The number of rotatable bonds is 6. The summed E-state index contributed by atoms with van der Waals surface area (Å²) >= 11 is 0. The Labute approximate surface area is 115 Å². The standard InChI is InChI=1S/C15H23N3O/c1-5-17-12(3)14-7-6-13(8-15(14)19)18(4)10-11(2)9-16/h6-8,11-12,17,19H,5,10H2,1-4H3. The summed E-state index contributed by atoms with van der Waals surface area (Å²) in [5.41, 5.74) is 1.82. The van der Waals surface area contributed by atoms with E-state index < -0.39 is 0 Å². The molecule has 104 valence electrons. The number of hydrogen-bond donors (Lipinski definition) is 2. The highest BCUT2D eigenvalue weighted by Gasteiger charge is 2.12. The van der Waals surface area contributed by atoms with Crippen molar-refractivity contribution in [3.8, 4) is 11.8 Å². The Morgan fingerprint density at radius 2 is 2.11 bits per heavy atom. The van der Waals surface area contributed by atoms with E-state index in [0.29, 0.717) is 12.3 Å². The van der Waals surface area contributed by atoms with Gasteiger partial charge in [0.2, 0.25) is 0 Å². The Bertz CT molecular complexity index is 453. The third kappa shape index (κ3) is 4.15. The molecule has 0 aliphatic carbocycles. The van der Waals surface area contributed by atoms with Crippen molar-refractivity contribution in [1.29, 1.82) is 5.26 Å². The predicted molar refractivity (Wildman–Crippen MR) is 78.2 cm³/mol. The molecule has 2 N–H and O–H groups in total.